The van der Waals surface area contributed by atoms with Crippen molar-refractivity contribution < 1.29 is 9.53 Å². The molecule has 6 heteroatoms. The predicted molar refractivity (Wildman–Crippen MR) is 75.7 cm³/mol. The molecule has 102 valence electrons. The van der Waals surface area contributed by atoms with Crippen LogP contribution >= 0.6 is 24.0 Å². The molecule has 0 aliphatic heterocycles. The lowest BCUT2D eigenvalue weighted by Gasteiger charge is -2.11. The van der Waals surface area contributed by atoms with Crippen LogP contribution in [0.5, 0.6) is 5.75 Å². The lowest BCUT2D eigenvalue weighted by Crippen LogP contribution is -2.39. The number of carbonyl (C=O) groups is 1. The summed E-state index contributed by atoms with van der Waals surface area (Å²) in [6, 6.07) is 7.14. The van der Waals surface area contributed by atoms with E-state index >= 15 is 0 Å². The van der Waals surface area contributed by atoms with Gasteiger partial charge in [0.2, 0.25) is 0 Å². The van der Waals surface area contributed by atoms with Gasteiger partial charge >= 0.3 is 0 Å². The third-order valence-electron chi connectivity index (χ3n) is 2.28. The second-order valence-corrected chi connectivity index (χ2v) is 4.17. The smallest absolute Gasteiger partial charge is 0.257 e. The van der Waals surface area contributed by atoms with Crippen molar-refractivity contribution in [2.45, 2.75) is 13.0 Å². The van der Waals surface area contributed by atoms with Crippen LogP contribution in [0, 0.1) is 0 Å². The van der Waals surface area contributed by atoms with Crippen molar-refractivity contribution in [3.8, 4) is 5.75 Å². The van der Waals surface area contributed by atoms with Crippen LogP contribution in [0.2, 0.25) is 5.02 Å². The number of ether oxygens (including phenoxy) is 1. The minimum absolute atomic E-state index is 0. The van der Waals surface area contributed by atoms with Crippen molar-refractivity contribution in [2.24, 2.45) is 0 Å². The molecule has 4 nitrogen and oxygen atoms in total. The lowest BCUT2D eigenvalue weighted by molar-refractivity contribution is -0.123. The van der Waals surface area contributed by atoms with E-state index in [0.717, 1.165) is 0 Å². The van der Waals surface area contributed by atoms with E-state index in [0.29, 0.717) is 17.3 Å². The van der Waals surface area contributed by atoms with Gasteiger partial charge in [0.25, 0.3) is 5.91 Å². The van der Waals surface area contributed by atoms with Gasteiger partial charge in [-0.05, 0) is 38.2 Å². The first-order chi connectivity index (χ1) is 8.11. The Balaban J connectivity index is 0.00000289. The second-order valence-electron chi connectivity index (χ2n) is 3.74. The van der Waals surface area contributed by atoms with Gasteiger partial charge in [-0.1, -0.05) is 11.6 Å². The fourth-order valence-electron chi connectivity index (χ4n) is 1.10. The predicted octanol–water partition coefficient (Wildman–Crippen LogP) is 1.86. The maximum atomic E-state index is 11.4. The highest BCUT2D eigenvalue weighted by Crippen LogP contribution is 2.15. The normalized spacial score (nSPS) is 11.3. The Morgan fingerprint density at radius 2 is 2.00 bits per heavy atom. The van der Waals surface area contributed by atoms with Gasteiger partial charge < -0.3 is 15.4 Å². The van der Waals surface area contributed by atoms with E-state index in [1.54, 1.807) is 24.3 Å². The molecule has 1 aromatic carbocycles. The van der Waals surface area contributed by atoms with Crippen LogP contribution in [-0.2, 0) is 4.79 Å². The van der Waals surface area contributed by atoms with Crippen molar-refractivity contribution in [3.05, 3.63) is 29.3 Å². The highest BCUT2D eigenvalue weighted by molar-refractivity contribution is 6.30. The zero-order valence-corrected chi connectivity index (χ0v) is 12.0. The molecule has 0 saturated carbocycles. The van der Waals surface area contributed by atoms with E-state index < -0.39 is 0 Å². The molecule has 0 fully saturated rings. The van der Waals surface area contributed by atoms with Gasteiger partial charge in [-0.25, -0.2) is 0 Å². The molecule has 0 heterocycles. The van der Waals surface area contributed by atoms with Gasteiger partial charge in [0.15, 0.2) is 6.61 Å². The molecular weight excluding hydrogens is 275 g/mol. The van der Waals surface area contributed by atoms with Crippen LogP contribution < -0.4 is 15.4 Å². The molecule has 1 amide bonds. The van der Waals surface area contributed by atoms with Crippen molar-refractivity contribution >= 4 is 29.9 Å². The quantitative estimate of drug-likeness (QED) is 0.842. The molecule has 0 spiro atoms. The minimum Gasteiger partial charge on any atom is -0.484 e. The Kier molecular flexibility index (Phi) is 8.54. The number of nitrogens with one attached hydrogen (secondary N) is 2. The van der Waals surface area contributed by atoms with Crippen LogP contribution in [0.3, 0.4) is 0 Å². The van der Waals surface area contributed by atoms with Crippen molar-refractivity contribution in [1.82, 2.24) is 10.6 Å². The molecule has 2 N–H and O–H groups in total. The van der Waals surface area contributed by atoms with E-state index in [1.807, 2.05) is 14.0 Å². The second kappa shape index (κ2) is 9.03. The summed E-state index contributed by atoms with van der Waals surface area (Å²) in [6.07, 6.45) is 0. The average molecular weight is 293 g/mol. The van der Waals surface area contributed by atoms with Crippen LogP contribution in [0.4, 0.5) is 0 Å². The Morgan fingerprint density at radius 3 is 2.56 bits per heavy atom. The van der Waals surface area contributed by atoms with Gasteiger partial charge in [-0.3, -0.25) is 4.79 Å². The van der Waals surface area contributed by atoms with Gasteiger partial charge in [-0.15, -0.1) is 12.4 Å². The van der Waals surface area contributed by atoms with Gasteiger partial charge in [0.05, 0.1) is 0 Å². The number of likely N-dealkylation sites (N-methyl/N-ethyl adjacent to an activating group) is 1. The van der Waals surface area contributed by atoms with Gasteiger partial charge in [-0.2, -0.15) is 0 Å². The minimum atomic E-state index is -0.137. The highest BCUT2D eigenvalue weighted by Gasteiger charge is 2.04. The molecule has 0 aromatic heterocycles. The molecule has 1 aromatic rings. The number of benzene rings is 1. The number of hydrogen-bond acceptors (Lipinski definition) is 3. The van der Waals surface area contributed by atoms with E-state index in [2.05, 4.69) is 10.6 Å². The topological polar surface area (TPSA) is 50.4 Å². The van der Waals surface area contributed by atoms with E-state index in [1.165, 1.54) is 0 Å². The molecule has 0 saturated heterocycles. The first-order valence-corrected chi connectivity index (χ1v) is 5.82. The van der Waals surface area contributed by atoms with Gasteiger partial charge in [0, 0.05) is 17.6 Å². The van der Waals surface area contributed by atoms with Crippen LogP contribution in [-0.4, -0.2) is 32.1 Å². The number of rotatable bonds is 6. The van der Waals surface area contributed by atoms with Crippen molar-refractivity contribution in [3.63, 3.8) is 0 Å². The summed E-state index contributed by atoms with van der Waals surface area (Å²) in [5.41, 5.74) is 0. The first-order valence-electron chi connectivity index (χ1n) is 5.44. The van der Waals surface area contributed by atoms with Gasteiger partial charge in [0.1, 0.15) is 5.75 Å². The summed E-state index contributed by atoms with van der Waals surface area (Å²) in [7, 11) is 1.85. The fourth-order valence-corrected chi connectivity index (χ4v) is 1.23. The SMILES string of the molecule is CNC(C)CNC(=O)COc1ccc(Cl)cc1.Cl. The third kappa shape index (κ3) is 6.69. The number of amides is 1. The van der Waals surface area contributed by atoms with E-state index in [-0.39, 0.29) is 31.0 Å². The average Bonchev–Trinajstić information content (AvgIpc) is 2.35. The summed E-state index contributed by atoms with van der Waals surface area (Å²) in [4.78, 5) is 11.4. The maximum Gasteiger partial charge on any atom is 0.257 e. The Morgan fingerprint density at radius 1 is 1.39 bits per heavy atom. The molecule has 0 radical (unpaired) electrons. The number of halogens is 2. The van der Waals surface area contributed by atoms with Crippen LogP contribution in [0.1, 0.15) is 6.92 Å². The fraction of sp³-hybridized carbons (Fsp3) is 0.417. The lowest BCUT2D eigenvalue weighted by atomic mass is 10.3. The Hall–Kier alpha value is -0.970. The molecule has 0 aliphatic carbocycles. The summed E-state index contributed by atoms with van der Waals surface area (Å²) in [5.74, 6) is 0.494. The number of carbonyl (C=O) groups excluding carboxylic acids is 1. The summed E-state index contributed by atoms with van der Waals surface area (Å²) in [5, 5.41) is 6.44. The molecule has 18 heavy (non-hydrogen) atoms. The Bertz CT molecular complexity index is 358. The van der Waals surface area contributed by atoms with Crippen LogP contribution in [0.25, 0.3) is 0 Å². The summed E-state index contributed by atoms with van der Waals surface area (Å²) in [6.45, 7) is 2.58. The molecule has 0 bridgehead atoms. The summed E-state index contributed by atoms with van der Waals surface area (Å²) >= 11 is 5.73. The van der Waals surface area contributed by atoms with E-state index in [9.17, 15) is 4.79 Å². The molecular formula is C12H18Cl2N2O2. The van der Waals surface area contributed by atoms with E-state index in [4.69, 9.17) is 16.3 Å². The zero-order valence-electron chi connectivity index (χ0n) is 10.4. The monoisotopic (exact) mass is 292 g/mol. The molecule has 1 unspecified atom stereocenters. The number of hydrogen-bond donors (Lipinski definition) is 2. The third-order valence-corrected chi connectivity index (χ3v) is 2.53. The highest BCUT2D eigenvalue weighted by atomic mass is 35.5. The van der Waals surface area contributed by atoms with Crippen molar-refractivity contribution in [2.75, 3.05) is 20.2 Å². The Labute approximate surface area is 118 Å². The summed E-state index contributed by atoms with van der Waals surface area (Å²) < 4.78 is 5.30. The molecule has 1 atom stereocenters. The molecule has 1 rings (SSSR count). The maximum absolute atomic E-state index is 11.4. The first kappa shape index (κ1) is 17.0. The zero-order chi connectivity index (χ0) is 12.7. The molecule has 0 aliphatic rings. The standard InChI is InChI=1S/C12H17ClN2O2.ClH/c1-9(14-2)7-15-12(16)8-17-11-5-3-10(13)4-6-11;/h3-6,9,14H,7-8H2,1-2H3,(H,15,16);1H. The largest absolute Gasteiger partial charge is 0.484 e. The van der Waals surface area contributed by atoms with Crippen molar-refractivity contribution in [1.29, 1.82) is 0 Å². The van der Waals surface area contributed by atoms with Crippen LogP contribution in [0.15, 0.2) is 24.3 Å².